The quantitative estimate of drug-likeness (QED) is 0.729. The summed E-state index contributed by atoms with van der Waals surface area (Å²) in [6, 6.07) is 14.9. The number of benzene rings is 2. The van der Waals surface area contributed by atoms with Crippen LogP contribution in [0.3, 0.4) is 0 Å². The van der Waals surface area contributed by atoms with Gasteiger partial charge in [-0.15, -0.1) is 0 Å². The molecule has 1 aliphatic rings. The summed E-state index contributed by atoms with van der Waals surface area (Å²) in [6.07, 6.45) is 4.91. The number of hydrogen-bond donors (Lipinski definition) is 1. The molecule has 1 atom stereocenters. The van der Waals surface area contributed by atoms with Crippen LogP contribution in [-0.2, 0) is 16.6 Å². The zero-order chi connectivity index (χ0) is 19.3. The Bertz CT molecular complexity index is 824. The van der Waals surface area contributed by atoms with Crippen LogP contribution < -0.4 is 4.72 Å². The number of piperidine rings is 1. The molecule has 1 fully saturated rings. The first kappa shape index (κ1) is 19.9. The normalized spacial score (nSPS) is 16.8. The molecule has 1 saturated heterocycles. The summed E-state index contributed by atoms with van der Waals surface area (Å²) in [6.45, 7) is 7.52. The average Bonchev–Trinajstić information content (AvgIpc) is 2.69. The number of sulfonamides is 1. The minimum atomic E-state index is -3.56. The lowest BCUT2D eigenvalue weighted by Gasteiger charge is -2.26. The van der Waals surface area contributed by atoms with Crippen LogP contribution in [0.15, 0.2) is 53.4 Å². The molecular weight excluding hydrogens is 356 g/mol. The van der Waals surface area contributed by atoms with Crippen molar-refractivity contribution in [1.82, 2.24) is 4.90 Å². The molecule has 0 aliphatic carbocycles. The summed E-state index contributed by atoms with van der Waals surface area (Å²) >= 11 is 0. The molecule has 0 radical (unpaired) electrons. The number of hydrogen-bond acceptors (Lipinski definition) is 3. The SMILES string of the molecule is CCC(C)c1ccc(S(=O)(=O)Nc2ccc(CN3CCCCC3)cc2)cc1. The summed E-state index contributed by atoms with van der Waals surface area (Å²) in [7, 11) is -3.56. The van der Waals surface area contributed by atoms with Gasteiger partial charge in [0.2, 0.25) is 0 Å². The second kappa shape index (κ2) is 8.89. The Labute approximate surface area is 163 Å². The fraction of sp³-hybridized carbons (Fsp3) is 0.455. The van der Waals surface area contributed by atoms with E-state index in [0.717, 1.165) is 26.1 Å². The van der Waals surface area contributed by atoms with Crippen LogP contribution in [0.25, 0.3) is 0 Å². The number of anilines is 1. The largest absolute Gasteiger partial charge is 0.299 e. The third kappa shape index (κ3) is 5.33. The monoisotopic (exact) mass is 386 g/mol. The van der Waals surface area contributed by atoms with Gasteiger partial charge in [0.15, 0.2) is 0 Å². The predicted octanol–water partition coefficient (Wildman–Crippen LogP) is 4.99. The van der Waals surface area contributed by atoms with Crippen molar-refractivity contribution in [3.05, 3.63) is 59.7 Å². The van der Waals surface area contributed by atoms with Crippen molar-refractivity contribution in [2.24, 2.45) is 0 Å². The van der Waals surface area contributed by atoms with Crippen LogP contribution in [0.1, 0.15) is 56.6 Å². The molecule has 5 heteroatoms. The smallest absolute Gasteiger partial charge is 0.261 e. The van der Waals surface area contributed by atoms with E-state index in [1.165, 1.54) is 30.4 Å². The van der Waals surface area contributed by atoms with Crippen LogP contribution in [0.5, 0.6) is 0 Å². The third-order valence-electron chi connectivity index (χ3n) is 5.43. The molecule has 4 nitrogen and oxygen atoms in total. The van der Waals surface area contributed by atoms with Crippen molar-refractivity contribution in [2.75, 3.05) is 17.8 Å². The second-order valence-electron chi connectivity index (χ2n) is 7.52. The fourth-order valence-corrected chi connectivity index (χ4v) is 4.54. The van der Waals surface area contributed by atoms with Crippen molar-refractivity contribution in [1.29, 1.82) is 0 Å². The van der Waals surface area contributed by atoms with E-state index in [1.54, 1.807) is 12.1 Å². The molecule has 27 heavy (non-hydrogen) atoms. The average molecular weight is 387 g/mol. The lowest BCUT2D eigenvalue weighted by atomic mass is 9.99. The summed E-state index contributed by atoms with van der Waals surface area (Å²) in [5, 5.41) is 0. The second-order valence-corrected chi connectivity index (χ2v) is 9.20. The van der Waals surface area contributed by atoms with Gasteiger partial charge in [-0.3, -0.25) is 9.62 Å². The van der Waals surface area contributed by atoms with Gasteiger partial charge in [0.25, 0.3) is 10.0 Å². The van der Waals surface area contributed by atoms with Gasteiger partial charge in [-0.2, -0.15) is 0 Å². The fourth-order valence-electron chi connectivity index (χ4n) is 3.48. The molecule has 2 aromatic carbocycles. The summed E-state index contributed by atoms with van der Waals surface area (Å²) in [4.78, 5) is 2.76. The topological polar surface area (TPSA) is 49.4 Å². The highest BCUT2D eigenvalue weighted by Crippen LogP contribution is 2.22. The molecule has 1 N–H and O–H groups in total. The number of likely N-dealkylation sites (tertiary alicyclic amines) is 1. The molecule has 146 valence electrons. The number of nitrogens with zero attached hydrogens (tertiary/aromatic N) is 1. The minimum Gasteiger partial charge on any atom is -0.299 e. The maximum Gasteiger partial charge on any atom is 0.261 e. The van der Waals surface area contributed by atoms with E-state index in [0.29, 0.717) is 16.5 Å². The standard InChI is InChI=1S/C22H30N2O2S/c1-3-18(2)20-9-13-22(14-10-20)27(25,26)23-21-11-7-19(8-12-21)17-24-15-5-4-6-16-24/h7-14,18,23H,3-6,15-17H2,1-2H3. The molecular formula is C22H30N2O2S. The summed E-state index contributed by atoms with van der Waals surface area (Å²) in [5.41, 5.74) is 2.99. The maximum absolute atomic E-state index is 12.6. The van der Waals surface area contributed by atoms with E-state index in [1.807, 2.05) is 36.4 Å². The lowest BCUT2D eigenvalue weighted by molar-refractivity contribution is 0.221. The molecule has 0 aromatic heterocycles. The molecule has 1 heterocycles. The number of rotatable bonds is 7. The van der Waals surface area contributed by atoms with E-state index in [4.69, 9.17) is 0 Å². The molecule has 1 aliphatic heterocycles. The Morgan fingerprint density at radius 2 is 1.59 bits per heavy atom. The first-order valence-electron chi connectivity index (χ1n) is 9.92. The van der Waals surface area contributed by atoms with Crippen molar-refractivity contribution < 1.29 is 8.42 Å². The van der Waals surface area contributed by atoms with E-state index in [2.05, 4.69) is 23.5 Å². The first-order chi connectivity index (χ1) is 13.0. The first-order valence-corrected chi connectivity index (χ1v) is 11.4. The Balaban J connectivity index is 1.64. The van der Waals surface area contributed by atoms with E-state index >= 15 is 0 Å². The van der Waals surface area contributed by atoms with Crippen LogP contribution in [0.4, 0.5) is 5.69 Å². The van der Waals surface area contributed by atoms with E-state index < -0.39 is 10.0 Å². The molecule has 0 amide bonds. The Morgan fingerprint density at radius 1 is 0.963 bits per heavy atom. The van der Waals surface area contributed by atoms with Crippen LogP contribution >= 0.6 is 0 Å². The van der Waals surface area contributed by atoms with E-state index in [9.17, 15) is 8.42 Å². The molecule has 0 saturated carbocycles. The van der Waals surface area contributed by atoms with Gasteiger partial charge >= 0.3 is 0 Å². The van der Waals surface area contributed by atoms with Crippen LogP contribution in [0, 0.1) is 0 Å². The number of nitrogens with one attached hydrogen (secondary N) is 1. The van der Waals surface area contributed by atoms with E-state index in [-0.39, 0.29) is 0 Å². The van der Waals surface area contributed by atoms with Gasteiger partial charge in [-0.25, -0.2) is 8.42 Å². The Kier molecular flexibility index (Phi) is 6.55. The highest BCUT2D eigenvalue weighted by atomic mass is 32.2. The van der Waals surface area contributed by atoms with Crippen molar-refractivity contribution >= 4 is 15.7 Å². The maximum atomic E-state index is 12.6. The van der Waals surface area contributed by atoms with Gasteiger partial charge < -0.3 is 0 Å². The lowest BCUT2D eigenvalue weighted by Crippen LogP contribution is -2.29. The highest BCUT2D eigenvalue weighted by molar-refractivity contribution is 7.92. The molecule has 3 rings (SSSR count). The van der Waals surface area contributed by atoms with Crippen molar-refractivity contribution in [2.45, 2.75) is 56.9 Å². The van der Waals surface area contributed by atoms with Gasteiger partial charge in [-0.05, 0) is 73.7 Å². The molecule has 1 unspecified atom stereocenters. The van der Waals surface area contributed by atoms with Gasteiger partial charge in [0.05, 0.1) is 4.90 Å². The molecule has 2 aromatic rings. The summed E-state index contributed by atoms with van der Waals surface area (Å²) in [5.74, 6) is 0.433. The molecule has 0 spiro atoms. The van der Waals surface area contributed by atoms with Gasteiger partial charge in [0.1, 0.15) is 0 Å². The van der Waals surface area contributed by atoms with Gasteiger partial charge in [-0.1, -0.05) is 44.5 Å². The molecule has 0 bridgehead atoms. The Morgan fingerprint density at radius 3 is 2.19 bits per heavy atom. The van der Waals surface area contributed by atoms with Crippen molar-refractivity contribution in [3.63, 3.8) is 0 Å². The van der Waals surface area contributed by atoms with Crippen molar-refractivity contribution in [3.8, 4) is 0 Å². The third-order valence-corrected chi connectivity index (χ3v) is 6.83. The van der Waals surface area contributed by atoms with Crippen LogP contribution in [0.2, 0.25) is 0 Å². The predicted molar refractivity (Wildman–Crippen MR) is 112 cm³/mol. The zero-order valence-corrected chi connectivity index (χ0v) is 17.1. The van der Waals surface area contributed by atoms with Gasteiger partial charge in [0, 0.05) is 12.2 Å². The summed E-state index contributed by atoms with van der Waals surface area (Å²) < 4.78 is 28.0. The highest BCUT2D eigenvalue weighted by Gasteiger charge is 2.15. The minimum absolute atomic E-state index is 0.298. The van der Waals surface area contributed by atoms with Crippen LogP contribution in [-0.4, -0.2) is 26.4 Å². The Hall–Kier alpha value is -1.85. The zero-order valence-electron chi connectivity index (χ0n) is 16.3.